The summed E-state index contributed by atoms with van der Waals surface area (Å²) in [7, 11) is 0. The molecule has 1 aromatic rings. The largest absolute Gasteiger partial charge is 0.295 e. The molecule has 2 atom stereocenters. The van der Waals surface area contributed by atoms with E-state index in [1.54, 1.807) is 0 Å². The minimum Gasteiger partial charge on any atom is -0.295 e. The normalized spacial score (nSPS) is 28.8. The summed E-state index contributed by atoms with van der Waals surface area (Å²) in [6.07, 6.45) is 2.76. The second-order valence-electron chi connectivity index (χ2n) is 7.12. The van der Waals surface area contributed by atoms with E-state index in [2.05, 4.69) is 60.9 Å². The zero-order valence-electron chi connectivity index (χ0n) is 12.5. The Hall–Kier alpha value is -0.860. The van der Waals surface area contributed by atoms with Gasteiger partial charge in [0.25, 0.3) is 0 Å². The van der Waals surface area contributed by atoms with Gasteiger partial charge in [-0.15, -0.1) is 0 Å². The van der Waals surface area contributed by atoms with Gasteiger partial charge in [-0.3, -0.25) is 9.80 Å². The Kier molecular flexibility index (Phi) is 3.40. The molecular formula is C17H26N2. The van der Waals surface area contributed by atoms with Crippen molar-refractivity contribution in [2.75, 3.05) is 13.1 Å². The molecule has 0 N–H and O–H groups in total. The van der Waals surface area contributed by atoms with Crippen LogP contribution in [0, 0.1) is 0 Å². The standard InChI is InChI=1S/C17H26N2/c1-17(2,3)18-12-15-9-10-16(13-18)19(15)11-14-7-5-4-6-8-14/h4-8,15-16H,9-13H2,1-3H3. The van der Waals surface area contributed by atoms with Gasteiger partial charge in [-0.25, -0.2) is 0 Å². The molecule has 2 saturated heterocycles. The third-order valence-corrected chi connectivity index (χ3v) is 4.79. The van der Waals surface area contributed by atoms with Crippen LogP contribution in [0.1, 0.15) is 39.2 Å². The summed E-state index contributed by atoms with van der Waals surface area (Å²) in [5, 5.41) is 0. The molecule has 3 rings (SSSR count). The Morgan fingerprint density at radius 2 is 1.58 bits per heavy atom. The number of fused-ring (bicyclic) bond motifs is 2. The highest BCUT2D eigenvalue weighted by Crippen LogP contribution is 2.34. The minimum absolute atomic E-state index is 0.319. The lowest BCUT2D eigenvalue weighted by molar-refractivity contribution is 0.0116. The Morgan fingerprint density at radius 1 is 1.00 bits per heavy atom. The Bertz CT molecular complexity index is 407. The molecule has 0 radical (unpaired) electrons. The first-order valence-electron chi connectivity index (χ1n) is 7.59. The number of nitrogens with zero attached hydrogens (tertiary/aromatic N) is 2. The second-order valence-corrected chi connectivity index (χ2v) is 7.12. The monoisotopic (exact) mass is 258 g/mol. The summed E-state index contributed by atoms with van der Waals surface area (Å²) in [6, 6.07) is 12.5. The molecule has 0 saturated carbocycles. The van der Waals surface area contributed by atoms with Gasteiger partial charge in [0.15, 0.2) is 0 Å². The molecule has 0 aromatic heterocycles. The van der Waals surface area contributed by atoms with Crippen molar-refractivity contribution in [3.8, 4) is 0 Å². The molecule has 0 amide bonds. The van der Waals surface area contributed by atoms with Gasteiger partial charge in [0.1, 0.15) is 0 Å². The van der Waals surface area contributed by atoms with Crippen LogP contribution in [-0.2, 0) is 6.54 Å². The Morgan fingerprint density at radius 3 is 2.11 bits per heavy atom. The lowest BCUT2D eigenvalue weighted by Gasteiger charge is -2.46. The molecule has 2 unspecified atom stereocenters. The average Bonchev–Trinajstić information content (AvgIpc) is 2.61. The maximum atomic E-state index is 2.75. The third-order valence-electron chi connectivity index (χ3n) is 4.79. The molecule has 2 aliphatic rings. The van der Waals surface area contributed by atoms with Crippen LogP contribution in [0.2, 0.25) is 0 Å². The number of hydrogen-bond donors (Lipinski definition) is 0. The van der Waals surface area contributed by atoms with Crippen LogP contribution < -0.4 is 0 Å². The molecule has 104 valence electrons. The van der Waals surface area contributed by atoms with Crippen LogP contribution in [-0.4, -0.2) is 40.5 Å². The van der Waals surface area contributed by atoms with Crippen molar-refractivity contribution >= 4 is 0 Å². The van der Waals surface area contributed by atoms with E-state index in [0.717, 1.165) is 18.6 Å². The number of benzene rings is 1. The van der Waals surface area contributed by atoms with Gasteiger partial charge in [0.05, 0.1) is 0 Å². The molecule has 1 aromatic carbocycles. The Labute approximate surface area is 117 Å². The summed E-state index contributed by atoms with van der Waals surface area (Å²) in [5.74, 6) is 0. The van der Waals surface area contributed by atoms with Gasteiger partial charge < -0.3 is 0 Å². The Balaban J connectivity index is 1.70. The van der Waals surface area contributed by atoms with Crippen LogP contribution in [0.25, 0.3) is 0 Å². The number of rotatable bonds is 2. The van der Waals surface area contributed by atoms with E-state index in [1.165, 1.54) is 31.5 Å². The van der Waals surface area contributed by atoms with Crippen molar-refractivity contribution in [2.45, 2.75) is 57.8 Å². The molecule has 2 heteroatoms. The van der Waals surface area contributed by atoms with Gasteiger partial charge in [0, 0.05) is 37.3 Å². The number of likely N-dealkylation sites (tertiary alicyclic amines) is 1. The lowest BCUT2D eigenvalue weighted by atomic mass is 10.0. The zero-order chi connectivity index (χ0) is 13.5. The predicted octanol–water partition coefficient (Wildman–Crippen LogP) is 3.13. The van der Waals surface area contributed by atoms with Crippen molar-refractivity contribution in [3.63, 3.8) is 0 Å². The fourth-order valence-electron chi connectivity index (χ4n) is 3.59. The van der Waals surface area contributed by atoms with Crippen LogP contribution in [0.4, 0.5) is 0 Å². The first-order valence-corrected chi connectivity index (χ1v) is 7.59. The summed E-state index contributed by atoms with van der Waals surface area (Å²) < 4.78 is 0. The lowest BCUT2D eigenvalue weighted by Crippen LogP contribution is -2.58. The van der Waals surface area contributed by atoms with E-state index in [4.69, 9.17) is 0 Å². The minimum atomic E-state index is 0.319. The number of hydrogen-bond acceptors (Lipinski definition) is 2. The molecule has 2 fully saturated rings. The molecule has 2 nitrogen and oxygen atoms in total. The summed E-state index contributed by atoms with van der Waals surface area (Å²) in [5.41, 5.74) is 1.78. The summed E-state index contributed by atoms with van der Waals surface area (Å²) in [6.45, 7) is 10.7. The van der Waals surface area contributed by atoms with Crippen molar-refractivity contribution in [1.82, 2.24) is 9.80 Å². The smallest absolute Gasteiger partial charge is 0.0240 e. The van der Waals surface area contributed by atoms with Crippen LogP contribution in [0.15, 0.2) is 30.3 Å². The van der Waals surface area contributed by atoms with Crippen molar-refractivity contribution in [1.29, 1.82) is 0 Å². The molecular weight excluding hydrogens is 232 g/mol. The van der Waals surface area contributed by atoms with E-state index in [0.29, 0.717) is 5.54 Å². The number of piperazine rings is 1. The van der Waals surface area contributed by atoms with Gasteiger partial charge in [0.2, 0.25) is 0 Å². The molecule has 2 heterocycles. The highest BCUT2D eigenvalue weighted by atomic mass is 15.3. The first kappa shape index (κ1) is 13.1. The van der Waals surface area contributed by atoms with E-state index in [1.807, 2.05) is 0 Å². The SMILES string of the molecule is CC(C)(C)N1CC2CCC(C1)N2Cc1ccccc1. The molecule has 2 aliphatic heterocycles. The maximum Gasteiger partial charge on any atom is 0.0240 e. The van der Waals surface area contributed by atoms with E-state index < -0.39 is 0 Å². The fourth-order valence-corrected chi connectivity index (χ4v) is 3.59. The molecule has 19 heavy (non-hydrogen) atoms. The molecule has 0 spiro atoms. The van der Waals surface area contributed by atoms with Crippen molar-refractivity contribution in [3.05, 3.63) is 35.9 Å². The second kappa shape index (κ2) is 4.92. The van der Waals surface area contributed by atoms with E-state index in [-0.39, 0.29) is 0 Å². The first-order chi connectivity index (χ1) is 9.04. The average molecular weight is 258 g/mol. The van der Waals surface area contributed by atoms with Crippen molar-refractivity contribution < 1.29 is 0 Å². The molecule has 2 bridgehead atoms. The highest BCUT2D eigenvalue weighted by molar-refractivity contribution is 5.15. The third kappa shape index (κ3) is 2.70. The van der Waals surface area contributed by atoms with E-state index >= 15 is 0 Å². The van der Waals surface area contributed by atoms with Gasteiger partial charge in [-0.1, -0.05) is 30.3 Å². The van der Waals surface area contributed by atoms with Gasteiger partial charge in [-0.05, 0) is 39.2 Å². The fraction of sp³-hybridized carbons (Fsp3) is 0.647. The molecule has 0 aliphatic carbocycles. The topological polar surface area (TPSA) is 6.48 Å². The van der Waals surface area contributed by atoms with Crippen LogP contribution in [0.5, 0.6) is 0 Å². The predicted molar refractivity (Wildman–Crippen MR) is 80.1 cm³/mol. The maximum absolute atomic E-state index is 2.75. The van der Waals surface area contributed by atoms with Crippen LogP contribution >= 0.6 is 0 Å². The van der Waals surface area contributed by atoms with Crippen molar-refractivity contribution in [2.24, 2.45) is 0 Å². The summed E-state index contributed by atoms with van der Waals surface area (Å²) in [4.78, 5) is 5.43. The highest BCUT2D eigenvalue weighted by Gasteiger charge is 2.42. The van der Waals surface area contributed by atoms with Gasteiger partial charge >= 0.3 is 0 Å². The zero-order valence-corrected chi connectivity index (χ0v) is 12.5. The quantitative estimate of drug-likeness (QED) is 0.804. The van der Waals surface area contributed by atoms with Gasteiger partial charge in [-0.2, -0.15) is 0 Å². The summed E-state index contributed by atoms with van der Waals surface area (Å²) >= 11 is 0. The van der Waals surface area contributed by atoms with E-state index in [9.17, 15) is 0 Å². The van der Waals surface area contributed by atoms with Crippen LogP contribution in [0.3, 0.4) is 0 Å².